The molecular formula is C15H15ClN4O. The number of hydrogen-bond acceptors (Lipinski definition) is 5. The Balaban J connectivity index is 2.02. The predicted molar refractivity (Wildman–Crippen MR) is 84.1 cm³/mol. The minimum absolute atomic E-state index is 0.649. The lowest BCUT2D eigenvalue weighted by atomic mass is 10.2. The van der Waals surface area contributed by atoms with E-state index in [1.54, 1.807) is 0 Å². The van der Waals surface area contributed by atoms with Gasteiger partial charge in [0.2, 0.25) is 0 Å². The number of hydrogen-bond donors (Lipinski definition) is 1. The first-order valence-corrected chi connectivity index (χ1v) is 7.42. The molecule has 1 aliphatic rings. The largest absolute Gasteiger partial charge is 0.440 e. The van der Waals surface area contributed by atoms with Crippen molar-refractivity contribution >= 4 is 39.4 Å². The maximum Gasteiger partial charge on any atom is 0.192 e. The summed E-state index contributed by atoms with van der Waals surface area (Å²) in [5, 5.41) is 4.94. The zero-order valence-corrected chi connectivity index (χ0v) is 12.4. The van der Waals surface area contributed by atoms with Gasteiger partial charge >= 0.3 is 0 Å². The molecule has 1 saturated heterocycles. The topological polar surface area (TPSA) is 54.2 Å². The number of aryl methyl sites for hydroxylation is 1. The van der Waals surface area contributed by atoms with Crippen LogP contribution in [-0.2, 0) is 0 Å². The summed E-state index contributed by atoms with van der Waals surface area (Å²) in [4.78, 5) is 11.6. The number of fused-ring (bicyclic) bond motifs is 3. The molecule has 108 valence electrons. The van der Waals surface area contributed by atoms with Crippen LogP contribution >= 0.6 is 11.6 Å². The summed E-state index contributed by atoms with van der Waals surface area (Å²) < 4.78 is 5.82. The van der Waals surface area contributed by atoms with Gasteiger partial charge in [0.05, 0.1) is 5.52 Å². The molecule has 1 fully saturated rings. The quantitative estimate of drug-likeness (QED) is 0.749. The summed E-state index contributed by atoms with van der Waals surface area (Å²) >= 11 is 6.11. The zero-order valence-electron chi connectivity index (χ0n) is 11.7. The van der Waals surface area contributed by atoms with E-state index in [1.807, 2.05) is 25.1 Å². The normalized spacial score (nSPS) is 16.0. The summed E-state index contributed by atoms with van der Waals surface area (Å²) in [5.74, 6) is 1.55. The van der Waals surface area contributed by atoms with Gasteiger partial charge < -0.3 is 14.6 Å². The van der Waals surface area contributed by atoms with Crippen LogP contribution in [0.4, 0.5) is 5.82 Å². The van der Waals surface area contributed by atoms with Crippen molar-refractivity contribution in [3.05, 3.63) is 29.1 Å². The average molecular weight is 303 g/mol. The van der Waals surface area contributed by atoms with Gasteiger partial charge in [-0.2, -0.15) is 0 Å². The van der Waals surface area contributed by atoms with Gasteiger partial charge in [-0.3, -0.25) is 0 Å². The second-order valence-electron chi connectivity index (χ2n) is 5.24. The molecule has 0 atom stereocenters. The molecule has 1 aliphatic heterocycles. The molecule has 0 radical (unpaired) electrons. The standard InChI is InChI=1S/C15H15ClN4O/c1-9-18-13-14(21-9)11-8-10(16)2-3-12(11)19-15(13)20-6-4-17-5-7-20/h2-3,8,17H,4-7H2,1H3. The number of aromatic nitrogens is 2. The molecule has 0 aliphatic carbocycles. The summed E-state index contributed by atoms with van der Waals surface area (Å²) in [6.07, 6.45) is 0. The van der Waals surface area contributed by atoms with E-state index in [1.165, 1.54) is 0 Å². The van der Waals surface area contributed by atoms with Crippen molar-refractivity contribution in [3.8, 4) is 0 Å². The Bertz CT molecular complexity index is 823. The summed E-state index contributed by atoms with van der Waals surface area (Å²) in [7, 11) is 0. The number of oxazole rings is 1. The molecule has 5 nitrogen and oxygen atoms in total. The first kappa shape index (κ1) is 12.9. The fourth-order valence-electron chi connectivity index (χ4n) is 2.81. The van der Waals surface area contributed by atoms with Gasteiger partial charge in [0.15, 0.2) is 22.8 Å². The van der Waals surface area contributed by atoms with E-state index in [9.17, 15) is 0 Å². The highest BCUT2D eigenvalue weighted by Crippen LogP contribution is 2.33. The van der Waals surface area contributed by atoms with E-state index in [2.05, 4.69) is 15.2 Å². The Morgan fingerprint density at radius 2 is 2.05 bits per heavy atom. The third-order valence-corrected chi connectivity index (χ3v) is 4.03. The van der Waals surface area contributed by atoms with E-state index >= 15 is 0 Å². The van der Waals surface area contributed by atoms with Crippen molar-refractivity contribution in [2.45, 2.75) is 6.92 Å². The average Bonchev–Trinajstić information content (AvgIpc) is 2.89. The van der Waals surface area contributed by atoms with Gasteiger partial charge in [-0.15, -0.1) is 0 Å². The Morgan fingerprint density at radius 3 is 2.86 bits per heavy atom. The van der Waals surface area contributed by atoms with Crippen LogP contribution in [0.2, 0.25) is 5.02 Å². The molecule has 1 N–H and O–H groups in total. The molecule has 0 unspecified atom stereocenters. The van der Waals surface area contributed by atoms with Gasteiger partial charge in [-0.1, -0.05) is 11.6 Å². The molecule has 0 saturated carbocycles. The predicted octanol–water partition coefficient (Wildman–Crippen LogP) is 2.75. The van der Waals surface area contributed by atoms with Gasteiger partial charge in [0, 0.05) is 43.5 Å². The number of rotatable bonds is 1. The lowest BCUT2D eigenvalue weighted by Crippen LogP contribution is -2.44. The number of nitrogens with one attached hydrogen (secondary N) is 1. The zero-order chi connectivity index (χ0) is 14.4. The van der Waals surface area contributed by atoms with E-state index in [-0.39, 0.29) is 0 Å². The minimum atomic E-state index is 0.649. The highest BCUT2D eigenvalue weighted by atomic mass is 35.5. The van der Waals surface area contributed by atoms with Crippen molar-refractivity contribution in [1.82, 2.24) is 15.3 Å². The SMILES string of the molecule is Cc1nc2c(N3CCNCC3)nc3ccc(Cl)cc3c2o1. The van der Waals surface area contributed by atoms with Crippen LogP contribution < -0.4 is 10.2 Å². The smallest absolute Gasteiger partial charge is 0.192 e. The fourth-order valence-corrected chi connectivity index (χ4v) is 2.99. The van der Waals surface area contributed by atoms with Gasteiger partial charge in [0.1, 0.15) is 0 Å². The van der Waals surface area contributed by atoms with Crippen molar-refractivity contribution in [2.75, 3.05) is 31.1 Å². The number of piperazine rings is 1. The summed E-state index contributed by atoms with van der Waals surface area (Å²) in [6.45, 7) is 5.62. The Hall–Kier alpha value is -1.85. The van der Waals surface area contributed by atoms with Crippen molar-refractivity contribution < 1.29 is 4.42 Å². The van der Waals surface area contributed by atoms with Gasteiger partial charge in [-0.05, 0) is 18.2 Å². The number of halogens is 1. The molecule has 4 rings (SSSR count). The lowest BCUT2D eigenvalue weighted by Gasteiger charge is -2.28. The monoisotopic (exact) mass is 302 g/mol. The molecule has 21 heavy (non-hydrogen) atoms. The number of benzene rings is 1. The second kappa shape index (κ2) is 4.86. The fraction of sp³-hybridized carbons (Fsp3) is 0.333. The van der Waals surface area contributed by atoms with E-state index in [0.29, 0.717) is 10.9 Å². The first-order valence-electron chi connectivity index (χ1n) is 7.04. The molecule has 0 amide bonds. The van der Waals surface area contributed by atoms with Crippen LogP contribution in [0.15, 0.2) is 22.6 Å². The maximum atomic E-state index is 6.11. The molecule has 1 aromatic carbocycles. The van der Waals surface area contributed by atoms with Crippen LogP contribution in [0.1, 0.15) is 5.89 Å². The van der Waals surface area contributed by atoms with Crippen LogP contribution in [0.25, 0.3) is 22.0 Å². The molecule has 3 aromatic rings. The third-order valence-electron chi connectivity index (χ3n) is 3.79. The molecule has 0 spiro atoms. The van der Waals surface area contributed by atoms with E-state index in [0.717, 1.165) is 54.0 Å². The Morgan fingerprint density at radius 1 is 1.24 bits per heavy atom. The van der Waals surface area contributed by atoms with Gasteiger partial charge in [0.25, 0.3) is 0 Å². The van der Waals surface area contributed by atoms with Crippen LogP contribution in [0.3, 0.4) is 0 Å². The maximum absolute atomic E-state index is 6.11. The molecule has 3 heterocycles. The highest BCUT2D eigenvalue weighted by Gasteiger charge is 2.20. The molecule has 0 bridgehead atoms. The Kier molecular flexibility index (Phi) is 2.97. The van der Waals surface area contributed by atoms with E-state index in [4.69, 9.17) is 21.0 Å². The lowest BCUT2D eigenvalue weighted by molar-refractivity contribution is 0.563. The number of pyridine rings is 1. The third kappa shape index (κ3) is 2.13. The molecule has 2 aromatic heterocycles. The summed E-state index contributed by atoms with van der Waals surface area (Å²) in [5.41, 5.74) is 2.48. The minimum Gasteiger partial charge on any atom is -0.440 e. The van der Waals surface area contributed by atoms with Crippen LogP contribution in [0, 0.1) is 6.92 Å². The van der Waals surface area contributed by atoms with E-state index < -0.39 is 0 Å². The number of nitrogens with zero attached hydrogens (tertiary/aromatic N) is 3. The molecular weight excluding hydrogens is 288 g/mol. The van der Waals surface area contributed by atoms with Crippen molar-refractivity contribution in [3.63, 3.8) is 0 Å². The van der Waals surface area contributed by atoms with Crippen LogP contribution in [-0.4, -0.2) is 36.1 Å². The van der Waals surface area contributed by atoms with Crippen molar-refractivity contribution in [2.24, 2.45) is 0 Å². The molecule has 6 heteroatoms. The summed E-state index contributed by atoms with van der Waals surface area (Å²) in [6, 6.07) is 5.67. The first-order chi connectivity index (χ1) is 10.2. The van der Waals surface area contributed by atoms with Crippen molar-refractivity contribution in [1.29, 1.82) is 0 Å². The Labute approximate surface area is 126 Å². The highest BCUT2D eigenvalue weighted by molar-refractivity contribution is 6.31. The second-order valence-corrected chi connectivity index (χ2v) is 5.68. The number of anilines is 1. The van der Waals surface area contributed by atoms with Crippen LogP contribution in [0.5, 0.6) is 0 Å². The van der Waals surface area contributed by atoms with Gasteiger partial charge in [-0.25, -0.2) is 9.97 Å².